The molecule has 0 aliphatic heterocycles. The van der Waals surface area contributed by atoms with Gasteiger partial charge in [-0.05, 0) is 11.8 Å². The van der Waals surface area contributed by atoms with E-state index in [1.807, 2.05) is 20.8 Å². The minimum Gasteiger partial charge on any atom is -0.456 e. The number of hydrogen-bond donors (Lipinski definition) is 2. The van der Waals surface area contributed by atoms with Gasteiger partial charge in [-0.15, -0.1) is 0 Å². The number of amides is 1. The number of nitrogen functional groups attached to an aromatic ring is 1. The summed E-state index contributed by atoms with van der Waals surface area (Å²) in [5, 5.41) is 2.61. The van der Waals surface area contributed by atoms with Gasteiger partial charge in [0, 0.05) is 6.92 Å². The summed E-state index contributed by atoms with van der Waals surface area (Å²) >= 11 is 6.02. The molecule has 0 aliphatic carbocycles. The standard InChI is InChI=1S/C13H19ClN4O3/c1-7(19)21-6-9(20)17-10-8(5-13(2,3)4)16-12(15)18-11(10)14/h5-6H2,1-4H3,(H,17,20)(H2,15,16,18). The molecule has 0 atom stereocenters. The van der Waals surface area contributed by atoms with Crippen LogP contribution in [0.15, 0.2) is 0 Å². The zero-order chi connectivity index (χ0) is 16.2. The van der Waals surface area contributed by atoms with Gasteiger partial charge < -0.3 is 15.8 Å². The molecule has 7 nitrogen and oxygen atoms in total. The number of halogens is 1. The molecule has 1 heterocycles. The lowest BCUT2D eigenvalue weighted by molar-refractivity contribution is -0.144. The number of carbonyl (C=O) groups is 2. The zero-order valence-corrected chi connectivity index (χ0v) is 13.2. The summed E-state index contributed by atoms with van der Waals surface area (Å²) in [5.74, 6) is -1.02. The number of anilines is 2. The van der Waals surface area contributed by atoms with Crippen molar-refractivity contribution < 1.29 is 14.3 Å². The average molecular weight is 315 g/mol. The predicted molar refractivity (Wildman–Crippen MR) is 79.9 cm³/mol. The van der Waals surface area contributed by atoms with Gasteiger partial charge in [0.1, 0.15) is 5.69 Å². The molecule has 0 saturated heterocycles. The monoisotopic (exact) mass is 314 g/mol. The first-order valence-corrected chi connectivity index (χ1v) is 6.71. The van der Waals surface area contributed by atoms with Gasteiger partial charge in [-0.25, -0.2) is 4.98 Å². The Balaban J connectivity index is 2.99. The molecule has 0 radical (unpaired) electrons. The number of hydrogen-bond acceptors (Lipinski definition) is 6. The van der Waals surface area contributed by atoms with E-state index in [0.717, 1.165) is 0 Å². The lowest BCUT2D eigenvalue weighted by Gasteiger charge is -2.20. The van der Waals surface area contributed by atoms with Gasteiger partial charge in [-0.2, -0.15) is 4.98 Å². The number of carbonyl (C=O) groups excluding carboxylic acids is 2. The first kappa shape index (κ1) is 17.2. The quantitative estimate of drug-likeness (QED) is 0.648. The van der Waals surface area contributed by atoms with Crippen LogP contribution in [0.1, 0.15) is 33.4 Å². The molecule has 8 heteroatoms. The number of rotatable bonds is 4. The third-order valence-corrected chi connectivity index (χ3v) is 2.60. The molecule has 1 amide bonds. The molecular formula is C13H19ClN4O3. The smallest absolute Gasteiger partial charge is 0.303 e. The van der Waals surface area contributed by atoms with E-state index in [0.29, 0.717) is 12.1 Å². The van der Waals surface area contributed by atoms with E-state index in [-0.39, 0.29) is 22.2 Å². The Hall–Kier alpha value is -1.89. The fourth-order valence-electron chi connectivity index (χ4n) is 1.59. The highest BCUT2D eigenvalue weighted by atomic mass is 35.5. The first-order valence-electron chi connectivity index (χ1n) is 6.33. The van der Waals surface area contributed by atoms with E-state index in [1.165, 1.54) is 6.92 Å². The lowest BCUT2D eigenvalue weighted by atomic mass is 9.90. The molecule has 0 spiro atoms. The van der Waals surface area contributed by atoms with Crippen molar-refractivity contribution in [3.8, 4) is 0 Å². The second kappa shape index (κ2) is 6.71. The Kier molecular flexibility index (Phi) is 5.48. The van der Waals surface area contributed by atoms with Gasteiger partial charge in [-0.1, -0.05) is 32.4 Å². The second-order valence-corrected chi connectivity index (χ2v) is 6.12. The molecule has 0 aromatic carbocycles. The Morgan fingerprint density at radius 3 is 2.48 bits per heavy atom. The molecular weight excluding hydrogens is 296 g/mol. The van der Waals surface area contributed by atoms with E-state index in [9.17, 15) is 9.59 Å². The maximum Gasteiger partial charge on any atom is 0.303 e. The highest BCUT2D eigenvalue weighted by Gasteiger charge is 2.20. The van der Waals surface area contributed by atoms with Crippen LogP contribution in [0.4, 0.5) is 11.6 Å². The van der Waals surface area contributed by atoms with Crippen LogP contribution >= 0.6 is 11.6 Å². The molecule has 0 bridgehead atoms. The van der Waals surface area contributed by atoms with Crippen molar-refractivity contribution >= 4 is 35.1 Å². The molecule has 1 aromatic rings. The third kappa shape index (κ3) is 5.95. The predicted octanol–water partition coefficient (Wildman–Crippen LogP) is 1.80. The molecule has 0 saturated carbocycles. The normalized spacial score (nSPS) is 11.1. The topological polar surface area (TPSA) is 107 Å². The van der Waals surface area contributed by atoms with Crippen LogP contribution in [0.2, 0.25) is 5.15 Å². The maximum absolute atomic E-state index is 11.7. The number of ether oxygens (including phenoxy) is 1. The minimum atomic E-state index is -0.542. The van der Waals surface area contributed by atoms with Gasteiger partial charge in [-0.3, -0.25) is 9.59 Å². The van der Waals surface area contributed by atoms with E-state index in [4.69, 9.17) is 17.3 Å². The van der Waals surface area contributed by atoms with Gasteiger partial charge in [0.25, 0.3) is 5.91 Å². The molecule has 1 aromatic heterocycles. The maximum atomic E-state index is 11.7. The van der Waals surface area contributed by atoms with Gasteiger partial charge in [0.2, 0.25) is 5.95 Å². The molecule has 0 aliphatic rings. The van der Waals surface area contributed by atoms with Crippen LogP contribution in [-0.4, -0.2) is 28.5 Å². The fraction of sp³-hybridized carbons (Fsp3) is 0.538. The zero-order valence-electron chi connectivity index (χ0n) is 12.5. The lowest BCUT2D eigenvalue weighted by Crippen LogP contribution is -2.23. The van der Waals surface area contributed by atoms with Crippen molar-refractivity contribution in [1.29, 1.82) is 0 Å². The van der Waals surface area contributed by atoms with Crippen LogP contribution in [0.3, 0.4) is 0 Å². The van der Waals surface area contributed by atoms with Gasteiger partial charge >= 0.3 is 5.97 Å². The number of esters is 1. The van der Waals surface area contributed by atoms with Crippen LogP contribution < -0.4 is 11.1 Å². The Bertz CT molecular complexity index is 555. The molecule has 0 unspecified atom stereocenters. The summed E-state index contributed by atoms with van der Waals surface area (Å²) in [7, 11) is 0. The van der Waals surface area contributed by atoms with E-state index < -0.39 is 18.5 Å². The van der Waals surface area contributed by atoms with Crippen molar-refractivity contribution in [1.82, 2.24) is 9.97 Å². The SMILES string of the molecule is CC(=O)OCC(=O)Nc1c(Cl)nc(N)nc1CC(C)(C)C. The summed E-state index contributed by atoms with van der Waals surface area (Å²) in [4.78, 5) is 30.4. The minimum absolute atomic E-state index is 0.0391. The average Bonchev–Trinajstić information content (AvgIpc) is 2.29. The summed E-state index contributed by atoms with van der Waals surface area (Å²) < 4.78 is 4.62. The number of nitrogens with zero attached hydrogens (tertiary/aromatic N) is 2. The summed E-state index contributed by atoms with van der Waals surface area (Å²) in [6.45, 7) is 6.87. The number of nitrogens with two attached hydrogens (primary N) is 1. The van der Waals surface area contributed by atoms with Crippen molar-refractivity contribution in [2.24, 2.45) is 5.41 Å². The third-order valence-electron chi connectivity index (χ3n) is 2.33. The van der Waals surface area contributed by atoms with E-state index >= 15 is 0 Å². The van der Waals surface area contributed by atoms with Gasteiger partial charge in [0.05, 0.1) is 5.69 Å². The van der Waals surface area contributed by atoms with Crippen molar-refractivity contribution in [2.75, 3.05) is 17.7 Å². The van der Waals surface area contributed by atoms with Crippen LogP contribution in [-0.2, 0) is 20.7 Å². The second-order valence-electron chi connectivity index (χ2n) is 5.76. The fourth-order valence-corrected chi connectivity index (χ4v) is 1.83. The largest absolute Gasteiger partial charge is 0.456 e. The summed E-state index contributed by atoms with van der Waals surface area (Å²) in [5.41, 5.74) is 6.33. The molecule has 21 heavy (non-hydrogen) atoms. The Morgan fingerprint density at radius 1 is 1.33 bits per heavy atom. The van der Waals surface area contributed by atoms with E-state index in [1.54, 1.807) is 0 Å². The van der Waals surface area contributed by atoms with Crippen molar-refractivity contribution in [3.63, 3.8) is 0 Å². The molecule has 1 rings (SSSR count). The summed E-state index contributed by atoms with van der Waals surface area (Å²) in [6, 6.07) is 0. The van der Waals surface area contributed by atoms with E-state index in [2.05, 4.69) is 20.0 Å². The van der Waals surface area contributed by atoms with Crippen LogP contribution in [0, 0.1) is 5.41 Å². The van der Waals surface area contributed by atoms with Crippen molar-refractivity contribution in [2.45, 2.75) is 34.1 Å². The molecule has 3 N–H and O–H groups in total. The first-order chi connectivity index (χ1) is 9.58. The Morgan fingerprint density at radius 2 is 1.95 bits per heavy atom. The Labute approximate surface area is 128 Å². The highest BCUT2D eigenvalue weighted by Crippen LogP contribution is 2.29. The van der Waals surface area contributed by atoms with Gasteiger partial charge in [0.15, 0.2) is 11.8 Å². The molecule has 0 fully saturated rings. The highest BCUT2D eigenvalue weighted by molar-refractivity contribution is 6.32. The van der Waals surface area contributed by atoms with Crippen molar-refractivity contribution in [3.05, 3.63) is 10.8 Å². The number of nitrogens with one attached hydrogen (secondary N) is 1. The van der Waals surface area contributed by atoms with Crippen LogP contribution in [0.25, 0.3) is 0 Å². The number of aromatic nitrogens is 2. The van der Waals surface area contributed by atoms with Crippen LogP contribution in [0.5, 0.6) is 0 Å². The molecule has 116 valence electrons. The summed E-state index contributed by atoms with van der Waals surface area (Å²) in [6.07, 6.45) is 0.544.